The second-order valence-electron chi connectivity index (χ2n) is 3.12. The van der Waals surface area contributed by atoms with E-state index in [9.17, 15) is 15.0 Å². The molecule has 14 heavy (non-hydrogen) atoms. The third-order valence-corrected chi connectivity index (χ3v) is 2.16. The van der Waals surface area contributed by atoms with Crippen LogP contribution in [0.3, 0.4) is 0 Å². The van der Waals surface area contributed by atoms with Gasteiger partial charge in [0, 0.05) is 5.56 Å². The smallest absolute Gasteiger partial charge is 0.155 e. The molecule has 0 aliphatic carbocycles. The number of aliphatic hydroxyl groups is 1. The van der Waals surface area contributed by atoms with Crippen LogP contribution in [0.4, 0.5) is 0 Å². The van der Waals surface area contributed by atoms with E-state index in [1.165, 1.54) is 19.1 Å². The van der Waals surface area contributed by atoms with Gasteiger partial charge >= 0.3 is 0 Å². The number of carbonyl (C=O) groups is 1. The molecule has 76 valence electrons. The van der Waals surface area contributed by atoms with E-state index in [1.807, 2.05) is 0 Å². The molecule has 1 aromatic rings. The van der Waals surface area contributed by atoms with Crippen LogP contribution < -0.4 is 5.73 Å². The SMILES string of the molecule is C[C@](N)(O)c1ccc(Cl)c(C=O)c1O. The zero-order valence-electron chi connectivity index (χ0n) is 7.49. The van der Waals surface area contributed by atoms with Crippen molar-refractivity contribution in [2.24, 2.45) is 5.73 Å². The number of rotatable bonds is 2. The molecule has 0 aromatic heterocycles. The van der Waals surface area contributed by atoms with Crippen LogP contribution in [0.1, 0.15) is 22.8 Å². The van der Waals surface area contributed by atoms with Gasteiger partial charge in [0.15, 0.2) is 6.29 Å². The minimum atomic E-state index is -1.70. The highest BCUT2D eigenvalue weighted by molar-refractivity contribution is 6.33. The Labute approximate surface area is 85.9 Å². The maximum Gasteiger partial charge on any atom is 0.155 e. The van der Waals surface area contributed by atoms with Crippen LogP contribution in [-0.4, -0.2) is 16.5 Å². The fourth-order valence-electron chi connectivity index (χ4n) is 1.10. The van der Waals surface area contributed by atoms with Crippen LogP contribution in [0.15, 0.2) is 12.1 Å². The maximum absolute atomic E-state index is 10.6. The van der Waals surface area contributed by atoms with Crippen LogP contribution in [0, 0.1) is 0 Å². The first kappa shape index (κ1) is 11.0. The Hall–Kier alpha value is -1.10. The van der Waals surface area contributed by atoms with Crippen molar-refractivity contribution >= 4 is 17.9 Å². The molecule has 5 heteroatoms. The van der Waals surface area contributed by atoms with E-state index in [0.717, 1.165) is 0 Å². The number of aldehydes is 1. The molecule has 1 aromatic carbocycles. The predicted molar refractivity (Wildman–Crippen MR) is 52.3 cm³/mol. The second-order valence-corrected chi connectivity index (χ2v) is 3.53. The third-order valence-electron chi connectivity index (χ3n) is 1.83. The summed E-state index contributed by atoms with van der Waals surface area (Å²) < 4.78 is 0. The average Bonchev–Trinajstić information content (AvgIpc) is 2.02. The Morgan fingerprint density at radius 2 is 2.14 bits per heavy atom. The van der Waals surface area contributed by atoms with Gasteiger partial charge in [-0.1, -0.05) is 11.6 Å². The molecule has 0 saturated carbocycles. The Balaban J connectivity index is 3.43. The molecule has 4 nitrogen and oxygen atoms in total. The normalized spacial score (nSPS) is 14.9. The molecule has 0 amide bonds. The number of hydrogen-bond acceptors (Lipinski definition) is 4. The standard InChI is InChI=1S/C9H10ClNO3/c1-9(11,14)6-2-3-7(10)5(4-12)8(6)13/h2-4,13-14H,11H2,1H3/t9-/m0/s1. The topological polar surface area (TPSA) is 83.5 Å². The molecule has 0 aliphatic heterocycles. The van der Waals surface area contributed by atoms with Gasteiger partial charge in [0.05, 0.1) is 10.6 Å². The van der Waals surface area contributed by atoms with Gasteiger partial charge in [-0.3, -0.25) is 10.5 Å². The van der Waals surface area contributed by atoms with E-state index >= 15 is 0 Å². The fourth-order valence-corrected chi connectivity index (χ4v) is 1.30. The minimum Gasteiger partial charge on any atom is -0.507 e. The summed E-state index contributed by atoms with van der Waals surface area (Å²) in [4.78, 5) is 10.6. The van der Waals surface area contributed by atoms with Crippen LogP contribution in [-0.2, 0) is 5.72 Å². The third kappa shape index (κ3) is 1.87. The second kappa shape index (κ2) is 3.57. The van der Waals surface area contributed by atoms with Crippen molar-refractivity contribution in [1.82, 2.24) is 0 Å². The Bertz CT molecular complexity index is 371. The molecule has 1 rings (SSSR count). The first-order valence-electron chi connectivity index (χ1n) is 3.86. The van der Waals surface area contributed by atoms with Gasteiger partial charge in [-0.2, -0.15) is 0 Å². The van der Waals surface area contributed by atoms with Gasteiger partial charge in [0.25, 0.3) is 0 Å². The molecule has 0 spiro atoms. The number of nitrogens with two attached hydrogens (primary N) is 1. The molecule has 0 heterocycles. The lowest BCUT2D eigenvalue weighted by Gasteiger charge is -2.19. The summed E-state index contributed by atoms with van der Waals surface area (Å²) in [7, 11) is 0. The lowest BCUT2D eigenvalue weighted by atomic mass is 10.0. The molecular formula is C9H10ClNO3. The van der Waals surface area contributed by atoms with E-state index in [1.54, 1.807) is 0 Å². The van der Waals surface area contributed by atoms with Gasteiger partial charge in [0.1, 0.15) is 11.5 Å². The van der Waals surface area contributed by atoms with Crippen molar-refractivity contribution < 1.29 is 15.0 Å². The van der Waals surface area contributed by atoms with Crippen molar-refractivity contribution in [1.29, 1.82) is 0 Å². The van der Waals surface area contributed by atoms with Crippen LogP contribution in [0.5, 0.6) is 5.75 Å². The van der Waals surface area contributed by atoms with Crippen molar-refractivity contribution in [2.45, 2.75) is 12.6 Å². The molecular weight excluding hydrogens is 206 g/mol. The summed E-state index contributed by atoms with van der Waals surface area (Å²) in [6, 6.07) is 2.76. The molecule has 0 radical (unpaired) electrons. The summed E-state index contributed by atoms with van der Waals surface area (Å²) in [5.41, 5.74) is 3.65. The molecule has 0 bridgehead atoms. The van der Waals surface area contributed by atoms with Crippen LogP contribution >= 0.6 is 11.6 Å². The zero-order valence-corrected chi connectivity index (χ0v) is 8.25. The van der Waals surface area contributed by atoms with E-state index in [-0.39, 0.29) is 21.9 Å². The van der Waals surface area contributed by atoms with E-state index in [2.05, 4.69) is 0 Å². The van der Waals surface area contributed by atoms with Crippen LogP contribution in [0.2, 0.25) is 5.02 Å². The monoisotopic (exact) mass is 215 g/mol. The highest BCUT2D eigenvalue weighted by atomic mass is 35.5. The molecule has 0 saturated heterocycles. The highest BCUT2D eigenvalue weighted by Gasteiger charge is 2.23. The average molecular weight is 216 g/mol. The van der Waals surface area contributed by atoms with Gasteiger partial charge in [0.2, 0.25) is 0 Å². The number of halogens is 1. The van der Waals surface area contributed by atoms with E-state index in [4.69, 9.17) is 17.3 Å². The summed E-state index contributed by atoms with van der Waals surface area (Å²) in [6.45, 7) is 1.30. The number of phenols is 1. The first-order chi connectivity index (χ1) is 6.38. The Morgan fingerprint density at radius 3 is 2.57 bits per heavy atom. The van der Waals surface area contributed by atoms with Gasteiger partial charge in [-0.05, 0) is 19.1 Å². The molecule has 1 atom stereocenters. The zero-order chi connectivity index (χ0) is 10.9. The van der Waals surface area contributed by atoms with Crippen molar-refractivity contribution in [3.05, 3.63) is 28.3 Å². The lowest BCUT2D eigenvalue weighted by Crippen LogP contribution is -2.32. The Kier molecular flexibility index (Phi) is 2.80. The van der Waals surface area contributed by atoms with Gasteiger partial charge in [-0.25, -0.2) is 0 Å². The number of phenolic OH excluding ortho intramolecular Hbond substituents is 1. The molecule has 0 fully saturated rings. The molecule has 0 unspecified atom stereocenters. The van der Waals surface area contributed by atoms with Crippen LogP contribution in [0.25, 0.3) is 0 Å². The van der Waals surface area contributed by atoms with Crippen molar-refractivity contribution in [3.63, 3.8) is 0 Å². The summed E-state index contributed by atoms with van der Waals surface area (Å²) >= 11 is 5.64. The van der Waals surface area contributed by atoms with Gasteiger partial charge in [-0.15, -0.1) is 0 Å². The Morgan fingerprint density at radius 1 is 1.57 bits per heavy atom. The highest BCUT2D eigenvalue weighted by Crippen LogP contribution is 2.32. The largest absolute Gasteiger partial charge is 0.507 e. The predicted octanol–water partition coefficient (Wildman–Crippen LogP) is 0.982. The minimum absolute atomic E-state index is 0.0593. The quantitative estimate of drug-likeness (QED) is 0.507. The number of aromatic hydroxyl groups is 1. The lowest BCUT2D eigenvalue weighted by molar-refractivity contribution is 0.0620. The summed E-state index contributed by atoms with van der Waals surface area (Å²) in [5.74, 6) is -0.389. The number of hydrogen-bond donors (Lipinski definition) is 3. The number of benzene rings is 1. The van der Waals surface area contributed by atoms with E-state index < -0.39 is 5.72 Å². The fraction of sp³-hybridized carbons (Fsp3) is 0.222. The summed E-state index contributed by atoms with van der Waals surface area (Å²) in [5, 5.41) is 19.1. The molecule has 4 N–H and O–H groups in total. The molecule has 0 aliphatic rings. The van der Waals surface area contributed by atoms with Crippen molar-refractivity contribution in [2.75, 3.05) is 0 Å². The summed E-state index contributed by atoms with van der Waals surface area (Å²) in [6.07, 6.45) is 0.410. The van der Waals surface area contributed by atoms with Gasteiger partial charge < -0.3 is 10.2 Å². The van der Waals surface area contributed by atoms with E-state index in [0.29, 0.717) is 6.29 Å². The number of carbonyl (C=O) groups excluding carboxylic acids is 1. The van der Waals surface area contributed by atoms with Crippen molar-refractivity contribution in [3.8, 4) is 5.75 Å². The first-order valence-corrected chi connectivity index (χ1v) is 4.24. The maximum atomic E-state index is 10.6.